The summed E-state index contributed by atoms with van der Waals surface area (Å²) in [6.45, 7) is 2.65. The normalized spacial score (nSPS) is 10.0. The fourth-order valence-corrected chi connectivity index (χ4v) is 1.36. The quantitative estimate of drug-likeness (QED) is 0.699. The molecule has 94 valence electrons. The Morgan fingerprint density at radius 3 is 3.00 bits per heavy atom. The van der Waals surface area contributed by atoms with Crippen LogP contribution < -0.4 is 10.1 Å². The van der Waals surface area contributed by atoms with Crippen LogP contribution in [0.5, 0.6) is 5.75 Å². The Bertz CT molecular complexity index is 352. The summed E-state index contributed by atoms with van der Waals surface area (Å²) in [6, 6.07) is 7.70. The second-order valence-corrected chi connectivity index (χ2v) is 3.72. The lowest BCUT2D eigenvalue weighted by Crippen LogP contribution is -2.30. The number of aryl methyl sites for hydroxylation is 1. The summed E-state index contributed by atoms with van der Waals surface area (Å²) in [6.07, 6.45) is 1.51. The van der Waals surface area contributed by atoms with Crippen LogP contribution in [0.15, 0.2) is 24.3 Å². The molecule has 0 aromatic heterocycles. The summed E-state index contributed by atoms with van der Waals surface area (Å²) in [7, 11) is 0. The molecule has 0 saturated carbocycles. The fourth-order valence-electron chi connectivity index (χ4n) is 1.36. The van der Waals surface area contributed by atoms with Gasteiger partial charge < -0.3 is 15.2 Å². The predicted molar refractivity (Wildman–Crippen MR) is 66.0 cm³/mol. The molecule has 0 bridgehead atoms. The van der Waals surface area contributed by atoms with Crippen molar-refractivity contribution in [2.24, 2.45) is 0 Å². The van der Waals surface area contributed by atoms with E-state index < -0.39 is 0 Å². The summed E-state index contributed by atoms with van der Waals surface area (Å²) in [5.41, 5.74) is 1.18. The van der Waals surface area contributed by atoms with Crippen LogP contribution in [-0.2, 0) is 11.2 Å². The first-order chi connectivity index (χ1) is 8.26. The molecule has 0 unspecified atom stereocenters. The van der Waals surface area contributed by atoms with Gasteiger partial charge >= 0.3 is 0 Å². The lowest BCUT2D eigenvalue weighted by molar-refractivity contribution is -0.123. The monoisotopic (exact) mass is 237 g/mol. The maximum Gasteiger partial charge on any atom is 0.257 e. The van der Waals surface area contributed by atoms with Crippen molar-refractivity contribution in [3.8, 4) is 5.75 Å². The van der Waals surface area contributed by atoms with E-state index in [2.05, 4.69) is 12.2 Å². The van der Waals surface area contributed by atoms with Gasteiger partial charge in [0.25, 0.3) is 5.91 Å². The summed E-state index contributed by atoms with van der Waals surface area (Å²) in [5, 5.41) is 11.2. The first-order valence-corrected chi connectivity index (χ1v) is 5.85. The molecule has 0 aliphatic rings. The first-order valence-electron chi connectivity index (χ1n) is 5.85. The van der Waals surface area contributed by atoms with Gasteiger partial charge in [-0.25, -0.2) is 0 Å². The Balaban J connectivity index is 2.31. The van der Waals surface area contributed by atoms with E-state index >= 15 is 0 Å². The maximum atomic E-state index is 11.3. The van der Waals surface area contributed by atoms with Gasteiger partial charge in [-0.1, -0.05) is 19.1 Å². The molecule has 1 aromatic rings. The number of benzene rings is 1. The number of hydrogen-bond donors (Lipinski definition) is 2. The summed E-state index contributed by atoms with van der Waals surface area (Å²) < 4.78 is 5.37. The largest absolute Gasteiger partial charge is 0.484 e. The molecule has 0 atom stereocenters. The molecule has 0 spiro atoms. The average Bonchev–Trinajstić information content (AvgIpc) is 2.37. The van der Waals surface area contributed by atoms with Crippen LogP contribution in [0.25, 0.3) is 0 Å². The molecule has 0 radical (unpaired) electrons. The van der Waals surface area contributed by atoms with Crippen LogP contribution >= 0.6 is 0 Å². The number of rotatable bonds is 7. The summed E-state index contributed by atoms with van der Waals surface area (Å²) >= 11 is 0. The van der Waals surface area contributed by atoms with Gasteiger partial charge in [-0.15, -0.1) is 0 Å². The van der Waals surface area contributed by atoms with Crippen molar-refractivity contribution in [3.63, 3.8) is 0 Å². The van der Waals surface area contributed by atoms with Gasteiger partial charge in [0.05, 0.1) is 0 Å². The third-order valence-corrected chi connectivity index (χ3v) is 2.33. The molecule has 0 aliphatic carbocycles. The zero-order chi connectivity index (χ0) is 12.5. The van der Waals surface area contributed by atoms with E-state index in [-0.39, 0.29) is 19.1 Å². The van der Waals surface area contributed by atoms with E-state index in [1.807, 2.05) is 24.3 Å². The van der Waals surface area contributed by atoms with Gasteiger partial charge in [-0.2, -0.15) is 0 Å². The van der Waals surface area contributed by atoms with E-state index in [1.165, 1.54) is 5.56 Å². The van der Waals surface area contributed by atoms with Crippen molar-refractivity contribution >= 4 is 5.91 Å². The van der Waals surface area contributed by atoms with Gasteiger partial charge in [-0.3, -0.25) is 4.79 Å². The maximum absolute atomic E-state index is 11.3. The molecule has 17 heavy (non-hydrogen) atoms. The molecule has 4 nitrogen and oxygen atoms in total. The number of hydrogen-bond acceptors (Lipinski definition) is 3. The van der Waals surface area contributed by atoms with Crippen LogP contribution in [0, 0.1) is 0 Å². The standard InChI is InChI=1S/C13H19NO3/c1-2-11-5-3-6-12(9-11)17-10-13(16)14-7-4-8-15/h3,5-6,9,15H,2,4,7-8,10H2,1H3,(H,14,16). The summed E-state index contributed by atoms with van der Waals surface area (Å²) in [5.74, 6) is 0.544. The topological polar surface area (TPSA) is 58.6 Å². The van der Waals surface area contributed by atoms with Crippen molar-refractivity contribution in [2.75, 3.05) is 19.8 Å². The number of amides is 1. The molecule has 0 aliphatic heterocycles. The molecule has 1 aromatic carbocycles. The molecule has 2 N–H and O–H groups in total. The zero-order valence-electron chi connectivity index (χ0n) is 10.1. The van der Waals surface area contributed by atoms with Gasteiger partial charge in [0.2, 0.25) is 0 Å². The predicted octanol–water partition coefficient (Wildman–Crippen LogP) is 1.13. The molecule has 1 amide bonds. The molecule has 1 rings (SSSR count). The minimum atomic E-state index is -0.166. The van der Waals surface area contributed by atoms with Crippen molar-refractivity contribution in [3.05, 3.63) is 29.8 Å². The molecular weight excluding hydrogens is 218 g/mol. The molecule has 0 fully saturated rings. The van der Waals surface area contributed by atoms with Gasteiger partial charge in [-0.05, 0) is 30.5 Å². The minimum Gasteiger partial charge on any atom is -0.484 e. The molecular formula is C13H19NO3. The highest BCUT2D eigenvalue weighted by Crippen LogP contribution is 2.13. The van der Waals surface area contributed by atoms with Crippen LogP contribution in [0.1, 0.15) is 18.9 Å². The third kappa shape index (κ3) is 5.36. The van der Waals surface area contributed by atoms with Crippen LogP contribution in [0.3, 0.4) is 0 Å². The zero-order valence-corrected chi connectivity index (χ0v) is 10.1. The highest BCUT2D eigenvalue weighted by Gasteiger charge is 2.02. The van der Waals surface area contributed by atoms with Crippen molar-refractivity contribution in [2.45, 2.75) is 19.8 Å². The highest BCUT2D eigenvalue weighted by atomic mass is 16.5. The molecule has 0 saturated heterocycles. The van der Waals surface area contributed by atoms with Gasteiger partial charge in [0.15, 0.2) is 6.61 Å². The SMILES string of the molecule is CCc1cccc(OCC(=O)NCCCO)c1. The number of carbonyl (C=O) groups is 1. The van der Waals surface area contributed by atoms with E-state index in [4.69, 9.17) is 9.84 Å². The molecule has 0 heterocycles. The van der Waals surface area contributed by atoms with E-state index in [0.29, 0.717) is 18.7 Å². The van der Waals surface area contributed by atoms with Crippen molar-refractivity contribution < 1.29 is 14.6 Å². The van der Waals surface area contributed by atoms with Gasteiger partial charge in [0.1, 0.15) is 5.75 Å². The number of aliphatic hydroxyl groups excluding tert-OH is 1. The van der Waals surface area contributed by atoms with E-state index in [1.54, 1.807) is 0 Å². The van der Waals surface area contributed by atoms with Crippen LogP contribution in [0.4, 0.5) is 0 Å². The second-order valence-electron chi connectivity index (χ2n) is 3.72. The number of aliphatic hydroxyl groups is 1. The summed E-state index contributed by atoms with van der Waals surface area (Å²) in [4.78, 5) is 11.3. The van der Waals surface area contributed by atoms with Crippen molar-refractivity contribution in [1.29, 1.82) is 0 Å². The first kappa shape index (κ1) is 13.5. The Kier molecular flexibility index (Phi) is 6.10. The Hall–Kier alpha value is -1.55. The Labute approximate surface area is 102 Å². The lowest BCUT2D eigenvalue weighted by Gasteiger charge is -2.07. The molecule has 4 heteroatoms. The minimum absolute atomic E-state index is 0.0125. The van der Waals surface area contributed by atoms with Crippen LogP contribution in [0.2, 0.25) is 0 Å². The highest BCUT2D eigenvalue weighted by molar-refractivity contribution is 5.77. The number of nitrogens with one attached hydrogen (secondary N) is 1. The smallest absolute Gasteiger partial charge is 0.257 e. The number of carbonyl (C=O) groups excluding carboxylic acids is 1. The van der Waals surface area contributed by atoms with E-state index in [0.717, 1.165) is 6.42 Å². The lowest BCUT2D eigenvalue weighted by atomic mass is 10.2. The third-order valence-electron chi connectivity index (χ3n) is 2.33. The van der Waals surface area contributed by atoms with Crippen molar-refractivity contribution in [1.82, 2.24) is 5.32 Å². The second kappa shape index (κ2) is 7.68. The number of ether oxygens (including phenoxy) is 1. The average molecular weight is 237 g/mol. The fraction of sp³-hybridized carbons (Fsp3) is 0.462. The van der Waals surface area contributed by atoms with E-state index in [9.17, 15) is 4.79 Å². The van der Waals surface area contributed by atoms with Gasteiger partial charge in [0, 0.05) is 13.2 Å². The van der Waals surface area contributed by atoms with Crippen LogP contribution in [-0.4, -0.2) is 30.8 Å². The Morgan fingerprint density at radius 1 is 1.47 bits per heavy atom. The Morgan fingerprint density at radius 2 is 2.29 bits per heavy atom.